The summed E-state index contributed by atoms with van der Waals surface area (Å²) >= 11 is 1.35. The zero-order valence-electron chi connectivity index (χ0n) is 18.7. The molecule has 0 spiro atoms. The van der Waals surface area contributed by atoms with E-state index in [1.54, 1.807) is 14.0 Å². The molecule has 0 fully saturated rings. The summed E-state index contributed by atoms with van der Waals surface area (Å²) in [5.41, 5.74) is 0.583. The number of thiazole rings is 1. The van der Waals surface area contributed by atoms with Gasteiger partial charge in [-0.2, -0.15) is 9.90 Å². The number of hydrogen-bond acceptors (Lipinski definition) is 8. The van der Waals surface area contributed by atoms with Gasteiger partial charge in [0, 0.05) is 34.1 Å². The Morgan fingerprint density at radius 3 is 2.54 bits per heavy atom. The fourth-order valence-corrected chi connectivity index (χ4v) is 4.84. The highest BCUT2D eigenvalue weighted by molar-refractivity contribution is 7.10. The number of aliphatic hydroxyl groups is 1. The molecule has 0 amide bonds. The van der Waals surface area contributed by atoms with Gasteiger partial charge in [0.25, 0.3) is 0 Å². The van der Waals surface area contributed by atoms with Crippen molar-refractivity contribution in [3.05, 3.63) is 82.7 Å². The highest BCUT2D eigenvalue weighted by Gasteiger charge is 2.41. The van der Waals surface area contributed by atoms with Crippen LogP contribution in [0.15, 0.2) is 60.5 Å². The molecule has 0 aliphatic heterocycles. The molecule has 9 nitrogen and oxygen atoms in total. The Labute approximate surface area is 202 Å². The van der Waals surface area contributed by atoms with Crippen molar-refractivity contribution in [2.75, 3.05) is 0 Å². The van der Waals surface area contributed by atoms with Crippen LogP contribution in [0, 0.1) is 11.6 Å². The summed E-state index contributed by atoms with van der Waals surface area (Å²) in [6.07, 6.45) is 2.76. The van der Waals surface area contributed by atoms with Crippen LogP contribution in [-0.2, 0) is 19.2 Å². The van der Waals surface area contributed by atoms with Crippen molar-refractivity contribution < 1.29 is 13.9 Å². The standard InChI is InChI=1S/C23H20F2N8OS/c1-14(23(34,11-33-13-26-12-27-33)18-8-7-17(24)9-19(18)25)22-28-20(10-35-22)15-3-5-16(6-4-15)21-29-31-32(2)30-21/h3-10,12-14,34H,11H2,1-2H3/t14-,23+/m0/s1. The Hall–Kier alpha value is -3.90. The highest BCUT2D eigenvalue weighted by atomic mass is 32.1. The highest BCUT2D eigenvalue weighted by Crippen LogP contribution is 2.41. The van der Waals surface area contributed by atoms with Crippen LogP contribution in [0.2, 0.25) is 0 Å². The Morgan fingerprint density at radius 2 is 1.89 bits per heavy atom. The first-order chi connectivity index (χ1) is 16.8. The maximum absolute atomic E-state index is 14.8. The summed E-state index contributed by atoms with van der Waals surface area (Å²) in [6.45, 7) is 1.66. The summed E-state index contributed by atoms with van der Waals surface area (Å²) in [4.78, 5) is 10.0. The van der Waals surface area contributed by atoms with E-state index < -0.39 is 23.2 Å². The average Bonchev–Trinajstić information content (AvgIpc) is 3.61. The molecule has 1 N–H and O–H groups in total. The van der Waals surface area contributed by atoms with E-state index in [1.807, 2.05) is 29.6 Å². The topological polar surface area (TPSA) is 107 Å². The molecule has 0 aliphatic carbocycles. The number of aryl methyl sites for hydroxylation is 1. The molecule has 0 saturated carbocycles. The molecule has 35 heavy (non-hydrogen) atoms. The molecule has 178 valence electrons. The van der Waals surface area contributed by atoms with Gasteiger partial charge in [-0.05, 0) is 11.3 Å². The SMILES string of the molecule is C[C@@H](c1nc(-c2ccc(-c3nnn(C)n3)cc2)cs1)[C@](O)(Cn1cncn1)c1ccc(F)cc1F. The predicted molar refractivity (Wildman–Crippen MR) is 124 cm³/mol. The van der Waals surface area contributed by atoms with Gasteiger partial charge >= 0.3 is 0 Å². The normalized spacial score (nSPS) is 14.1. The van der Waals surface area contributed by atoms with Crippen LogP contribution in [0.3, 0.4) is 0 Å². The molecule has 3 aromatic heterocycles. The number of halogens is 2. The molecule has 12 heteroatoms. The first-order valence-electron chi connectivity index (χ1n) is 10.6. The van der Waals surface area contributed by atoms with Crippen molar-refractivity contribution in [3.8, 4) is 22.6 Å². The molecule has 5 aromatic rings. The maximum atomic E-state index is 14.8. The number of rotatable bonds is 7. The third kappa shape index (κ3) is 4.45. The maximum Gasteiger partial charge on any atom is 0.204 e. The first kappa shape index (κ1) is 22.9. The zero-order valence-corrected chi connectivity index (χ0v) is 19.6. The van der Waals surface area contributed by atoms with E-state index in [9.17, 15) is 13.9 Å². The van der Waals surface area contributed by atoms with Crippen LogP contribution in [-0.4, -0.2) is 45.1 Å². The van der Waals surface area contributed by atoms with Gasteiger partial charge in [0.1, 0.15) is 29.9 Å². The van der Waals surface area contributed by atoms with E-state index in [2.05, 4.69) is 25.5 Å². The van der Waals surface area contributed by atoms with E-state index in [0.29, 0.717) is 16.5 Å². The van der Waals surface area contributed by atoms with E-state index in [1.165, 1.54) is 39.5 Å². The lowest BCUT2D eigenvalue weighted by molar-refractivity contribution is -0.0112. The fourth-order valence-electron chi connectivity index (χ4n) is 3.87. The molecular weight excluding hydrogens is 474 g/mol. The van der Waals surface area contributed by atoms with Crippen LogP contribution in [0.5, 0.6) is 0 Å². The smallest absolute Gasteiger partial charge is 0.204 e. The Morgan fingerprint density at radius 1 is 1.11 bits per heavy atom. The number of benzene rings is 2. The quantitative estimate of drug-likeness (QED) is 0.369. The van der Waals surface area contributed by atoms with Crippen LogP contribution in [0.25, 0.3) is 22.6 Å². The van der Waals surface area contributed by atoms with Crippen LogP contribution >= 0.6 is 11.3 Å². The summed E-state index contributed by atoms with van der Waals surface area (Å²) in [5.74, 6) is -1.69. The summed E-state index contributed by atoms with van der Waals surface area (Å²) in [6, 6.07) is 10.7. The van der Waals surface area contributed by atoms with Gasteiger partial charge in [0.15, 0.2) is 0 Å². The second kappa shape index (κ2) is 9.04. The minimum absolute atomic E-state index is 0.0422. The second-order valence-corrected chi connectivity index (χ2v) is 9.00. The molecule has 2 aromatic carbocycles. The monoisotopic (exact) mass is 494 g/mol. The number of aromatic nitrogens is 8. The van der Waals surface area contributed by atoms with Gasteiger partial charge in [0.2, 0.25) is 5.82 Å². The van der Waals surface area contributed by atoms with Crippen molar-refractivity contribution in [1.82, 2.24) is 40.0 Å². The fraction of sp³-hybridized carbons (Fsp3) is 0.217. The zero-order chi connectivity index (χ0) is 24.6. The lowest BCUT2D eigenvalue weighted by atomic mass is 9.82. The van der Waals surface area contributed by atoms with Gasteiger partial charge in [-0.25, -0.2) is 23.4 Å². The number of nitrogens with zero attached hydrogens (tertiary/aromatic N) is 8. The minimum Gasteiger partial charge on any atom is -0.382 e. The van der Waals surface area contributed by atoms with E-state index in [4.69, 9.17) is 4.98 Å². The molecule has 0 aliphatic rings. The van der Waals surface area contributed by atoms with Crippen molar-refractivity contribution in [3.63, 3.8) is 0 Å². The van der Waals surface area contributed by atoms with Gasteiger partial charge < -0.3 is 5.11 Å². The molecule has 0 saturated heterocycles. The molecule has 0 bridgehead atoms. The Bertz CT molecular complexity index is 1450. The van der Waals surface area contributed by atoms with Crippen molar-refractivity contribution in [2.24, 2.45) is 7.05 Å². The Balaban J connectivity index is 1.47. The van der Waals surface area contributed by atoms with Gasteiger partial charge in [0.05, 0.1) is 24.3 Å². The minimum atomic E-state index is -1.76. The molecule has 2 atom stereocenters. The first-order valence-corrected chi connectivity index (χ1v) is 11.5. The van der Waals surface area contributed by atoms with Crippen LogP contribution in [0.1, 0.15) is 23.4 Å². The summed E-state index contributed by atoms with van der Waals surface area (Å²) < 4.78 is 29.8. The molecular formula is C23H20F2N8OS. The number of hydrogen-bond donors (Lipinski definition) is 1. The average molecular weight is 495 g/mol. The molecule has 0 radical (unpaired) electrons. The third-order valence-electron chi connectivity index (χ3n) is 5.82. The summed E-state index contributed by atoms with van der Waals surface area (Å²) in [7, 11) is 1.70. The van der Waals surface area contributed by atoms with E-state index in [0.717, 1.165) is 23.3 Å². The summed E-state index contributed by atoms with van der Waals surface area (Å²) in [5, 5.41) is 30.4. The molecule has 5 rings (SSSR count). The van der Waals surface area contributed by atoms with Gasteiger partial charge in [-0.3, -0.25) is 0 Å². The van der Waals surface area contributed by atoms with Crippen molar-refractivity contribution >= 4 is 11.3 Å². The van der Waals surface area contributed by atoms with Crippen molar-refractivity contribution in [2.45, 2.75) is 25.0 Å². The van der Waals surface area contributed by atoms with Crippen LogP contribution < -0.4 is 0 Å². The van der Waals surface area contributed by atoms with Crippen LogP contribution in [0.4, 0.5) is 8.78 Å². The van der Waals surface area contributed by atoms with Gasteiger partial charge in [-0.1, -0.05) is 37.3 Å². The van der Waals surface area contributed by atoms with Crippen molar-refractivity contribution in [1.29, 1.82) is 0 Å². The molecule has 0 unspecified atom stereocenters. The third-order valence-corrected chi connectivity index (χ3v) is 6.85. The van der Waals surface area contributed by atoms with Gasteiger partial charge in [-0.15, -0.1) is 21.5 Å². The largest absolute Gasteiger partial charge is 0.382 e. The number of tetrazole rings is 1. The lowest BCUT2D eigenvalue weighted by Crippen LogP contribution is -2.38. The predicted octanol–water partition coefficient (Wildman–Crippen LogP) is 3.56. The molecule has 3 heterocycles. The van der Waals surface area contributed by atoms with E-state index in [-0.39, 0.29) is 12.1 Å². The second-order valence-electron chi connectivity index (χ2n) is 8.11. The lowest BCUT2D eigenvalue weighted by Gasteiger charge is -2.33. The Kier molecular flexibility index (Phi) is 5.91. The van der Waals surface area contributed by atoms with E-state index >= 15 is 0 Å².